The predicted octanol–water partition coefficient (Wildman–Crippen LogP) is 2.46. The monoisotopic (exact) mass is 240 g/mol. The van der Waals surface area contributed by atoms with Crippen LogP contribution in [0.5, 0.6) is 0 Å². The lowest BCUT2D eigenvalue weighted by atomic mass is 9.99. The predicted molar refractivity (Wildman–Crippen MR) is 72.0 cm³/mol. The van der Waals surface area contributed by atoms with Crippen LogP contribution in [-0.4, -0.2) is 25.0 Å². The van der Waals surface area contributed by atoms with Gasteiger partial charge in [0, 0.05) is 25.6 Å². The van der Waals surface area contributed by atoms with Crippen molar-refractivity contribution in [3.8, 4) is 0 Å². The summed E-state index contributed by atoms with van der Waals surface area (Å²) >= 11 is 0. The maximum atomic E-state index is 11.6. The highest BCUT2D eigenvalue weighted by Crippen LogP contribution is 2.18. The van der Waals surface area contributed by atoms with E-state index in [0.717, 1.165) is 13.1 Å². The Labute approximate surface area is 106 Å². The Morgan fingerprint density at radius 1 is 1.35 bits per heavy atom. The maximum Gasteiger partial charge on any atom is 0.221 e. The third kappa shape index (κ3) is 7.37. The molecule has 0 aromatic carbocycles. The van der Waals surface area contributed by atoms with Gasteiger partial charge in [-0.05, 0) is 25.2 Å². The molecule has 17 heavy (non-hydrogen) atoms. The van der Waals surface area contributed by atoms with E-state index in [0.29, 0.717) is 18.4 Å². The Bertz CT molecular complexity index is 214. The van der Waals surface area contributed by atoms with Gasteiger partial charge < -0.3 is 10.6 Å². The third-order valence-electron chi connectivity index (χ3n) is 3.49. The van der Waals surface area contributed by atoms with E-state index in [4.69, 9.17) is 0 Å². The fourth-order valence-electron chi connectivity index (χ4n) is 1.97. The molecule has 1 saturated carbocycles. The van der Waals surface area contributed by atoms with E-state index >= 15 is 0 Å². The van der Waals surface area contributed by atoms with Crippen LogP contribution in [0, 0.1) is 5.92 Å². The number of hydrogen-bond donors (Lipinski definition) is 2. The van der Waals surface area contributed by atoms with Gasteiger partial charge in [-0.25, -0.2) is 0 Å². The molecule has 3 nitrogen and oxygen atoms in total. The van der Waals surface area contributed by atoms with Crippen LogP contribution in [0.4, 0.5) is 0 Å². The van der Waals surface area contributed by atoms with Gasteiger partial charge in [-0.2, -0.15) is 0 Å². The minimum absolute atomic E-state index is 0.202. The van der Waals surface area contributed by atoms with Crippen LogP contribution in [0.15, 0.2) is 0 Å². The zero-order valence-corrected chi connectivity index (χ0v) is 11.4. The highest BCUT2D eigenvalue weighted by atomic mass is 16.1. The summed E-state index contributed by atoms with van der Waals surface area (Å²) in [4.78, 5) is 11.6. The van der Waals surface area contributed by atoms with Gasteiger partial charge in [-0.1, -0.05) is 33.1 Å². The van der Waals surface area contributed by atoms with Crippen molar-refractivity contribution in [3.05, 3.63) is 0 Å². The van der Waals surface area contributed by atoms with Gasteiger partial charge in [0.05, 0.1) is 0 Å². The normalized spacial score (nSPS) is 16.8. The minimum Gasteiger partial charge on any atom is -0.356 e. The molecule has 100 valence electrons. The molecule has 0 aliphatic heterocycles. The summed E-state index contributed by atoms with van der Waals surface area (Å²) < 4.78 is 0. The molecule has 1 aliphatic rings. The van der Waals surface area contributed by atoms with Gasteiger partial charge in [-0.15, -0.1) is 0 Å². The molecule has 2 N–H and O–H groups in total. The van der Waals surface area contributed by atoms with Crippen molar-refractivity contribution in [2.45, 2.75) is 64.8 Å². The first-order chi connectivity index (χ1) is 8.26. The van der Waals surface area contributed by atoms with Crippen LogP contribution in [0.3, 0.4) is 0 Å². The van der Waals surface area contributed by atoms with E-state index in [1.807, 2.05) is 0 Å². The Morgan fingerprint density at radius 2 is 2.12 bits per heavy atom. The highest BCUT2D eigenvalue weighted by Gasteiger charge is 2.20. The van der Waals surface area contributed by atoms with E-state index in [-0.39, 0.29) is 5.91 Å². The lowest BCUT2D eigenvalue weighted by Gasteiger charge is -2.15. The molecule has 1 aliphatic carbocycles. The molecule has 0 aromatic heterocycles. The molecule has 3 heteroatoms. The van der Waals surface area contributed by atoms with Crippen molar-refractivity contribution < 1.29 is 4.79 Å². The Kier molecular flexibility index (Phi) is 7.25. The molecular weight excluding hydrogens is 212 g/mol. The summed E-state index contributed by atoms with van der Waals surface area (Å²) in [6.45, 7) is 6.12. The van der Waals surface area contributed by atoms with Gasteiger partial charge in [0.1, 0.15) is 0 Å². The van der Waals surface area contributed by atoms with Crippen molar-refractivity contribution in [2.24, 2.45) is 5.92 Å². The summed E-state index contributed by atoms with van der Waals surface area (Å²) in [5, 5.41) is 6.42. The Hall–Kier alpha value is -0.570. The van der Waals surface area contributed by atoms with Crippen molar-refractivity contribution in [2.75, 3.05) is 13.1 Å². The zero-order valence-electron chi connectivity index (χ0n) is 11.4. The summed E-state index contributed by atoms with van der Waals surface area (Å²) in [6.07, 6.45) is 8.13. The molecule has 0 aromatic rings. The largest absolute Gasteiger partial charge is 0.356 e. The fraction of sp³-hybridized carbons (Fsp3) is 0.929. The lowest BCUT2D eigenvalue weighted by Crippen LogP contribution is -2.32. The van der Waals surface area contributed by atoms with E-state index < -0.39 is 0 Å². The van der Waals surface area contributed by atoms with Gasteiger partial charge in [0.2, 0.25) is 5.91 Å². The molecule has 1 atom stereocenters. The first-order valence-corrected chi connectivity index (χ1v) is 7.26. The Balaban J connectivity index is 1.99. The molecule has 0 spiro atoms. The second kappa shape index (κ2) is 8.51. The molecule has 1 amide bonds. The minimum atomic E-state index is 0.202. The van der Waals surface area contributed by atoms with E-state index in [2.05, 4.69) is 24.5 Å². The van der Waals surface area contributed by atoms with E-state index in [9.17, 15) is 4.79 Å². The second-order valence-electron chi connectivity index (χ2n) is 5.20. The van der Waals surface area contributed by atoms with E-state index in [1.165, 1.54) is 38.5 Å². The van der Waals surface area contributed by atoms with Crippen molar-refractivity contribution >= 4 is 5.91 Å². The SMILES string of the molecule is CCCCC(CC)CNC(=O)CCNC1CC1. The summed E-state index contributed by atoms with van der Waals surface area (Å²) in [7, 11) is 0. The van der Waals surface area contributed by atoms with Gasteiger partial charge in [0.15, 0.2) is 0 Å². The molecule has 0 radical (unpaired) electrons. The van der Waals surface area contributed by atoms with Crippen LogP contribution < -0.4 is 10.6 Å². The smallest absolute Gasteiger partial charge is 0.221 e. The summed E-state index contributed by atoms with van der Waals surface area (Å²) in [5.41, 5.74) is 0. The highest BCUT2D eigenvalue weighted by molar-refractivity contribution is 5.76. The summed E-state index contributed by atoms with van der Waals surface area (Å²) in [6, 6.07) is 0.704. The molecular formula is C14H28N2O. The van der Waals surface area contributed by atoms with E-state index in [1.54, 1.807) is 0 Å². The zero-order chi connectivity index (χ0) is 12.5. The molecule has 1 fully saturated rings. The van der Waals surface area contributed by atoms with Crippen LogP contribution in [0.25, 0.3) is 0 Å². The summed E-state index contributed by atoms with van der Waals surface area (Å²) in [5.74, 6) is 0.864. The molecule has 0 saturated heterocycles. The Morgan fingerprint density at radius 3 is 2.71 bits per heavy atom. The van der Waals surface area contributed by atoms with Gasteiger partial charge >= 0.3 is 0 Å². The van der Waals surface area contributed by atoms with Crippen LogP contribution >= 0.6 is 0 Å². The standard InChI is InChI=1S/C14H28N2O/c1-3-5-6-12(4-2)11-16-14(17)9-10-15-13-7-8-13/h12-13,15H,3-11H2,1-2H3,(H,16,17). The van der Waals surface area contributed by atoms with Gasteiger partial charge in [0.25, 0.3) is 0 Å². The first kappa shape index (κ1) is 14.5. The molecule has 1 rings (SSSR count). The number of carbonyl (C=O) groups excluding carboxylic acids is 1. The average Bonchev–Trinajstić information content (AvgIpc) is 3.13. The van der Waals surface area contributed by atoms with Crippen LogP contribution in [0.2, 0.25) is 0 Å². The number of rotatable bonds is 10. The third-order valence-corrected chi connectivity index (χ3v) is 3.49. The first-order valence-electron chi connectivity index (χ1n) is 7.26. The number of hydrogen-bond acceptors (Lipinski definition) is 2. The number of nitrogens with one attached hydrogen (secondary N) is 2. The van der Waals surface area contributed by atoms with Crippen molar-refractivity contribution in [3.63, 3.8) is 0 Å². The van der Waals surface area contributed by atoms with Gasteiger partial charge in [-0.3, -0.25) is 4.79 Å². The number of unbranched alkanes of at least 4 members (excludes halogenated alkanes) is 1. The van der Waals surface area contributed by atoms with Crippen LogP contribution in [0.1, 0.15) is 58.8 Å². The quantitative estimate of drug-likeness (QED) is 0.616. The number of amides is 1. The topological polar surface area (TPSA) is 41.1 Å². The molecule has 0 heterocycles. The number of carbonyl (C=O) groups is 1. The molecule has 1 unspecified atom stereocenters. The fourth-order valence-corrected chi connectivity index (χ4v) is 1.97. The second-order valence-corrected chi connectivity index (χ2v) is 5.20. The van der Waals surface area contributed by atoms with Crippen molar-refractivity contribution in [1.82, 2.24) is 10.6 Å². The maximum absolute atomic E-state index is 11.6. The average molecular weight is 240 g/mol. The lowest BCUT2D eigenvalue weighted by molar-refractivity contribution is -0.121. The van der Waals surface area contributed by atoms with Crippen molar-refractivity contribution in [1.29, 1.82) is 0 Å². The van der Waals surface area contributed by atoms with Crippen LogP contribution in [-0.2, 0) is 4.79 Å². The molecule has 0 bridgehead atoms.